The van der Waals surface area contributed by atoms with E-state index in [1.165, 1.54) is 0 Å². The number of fused-ring (bicyclic) bond motifs is 1. The number of imidazole rings is 1. The van der Waals surface area contributed by atoms with Crippen LogP contribution in [0, 0.1) is 22.2 Å². The van der Waals surface area contributed by atoms with Gasteiger partial charge in [0.05, 0.1) is 19.1 Å². The van der Waals surface area contributed by atoms with Crippen molar-refractivity contribution in [2.24, 2.45) is 0 Å². The van der Waals surface area contributed by atoms with E-state index in [0.717, 1.165) is 24.2 Å². The highest BCUT2D eigenvalue weighted by Gasteiger charge is 2.33. The van der Waals surface area contributed by atoms with Crippen molar-refractivity contribution < 1.29 is 22.7 Å². The molecule has 4 rings (SSSR count). The third kappa shape index (κ3) is 3.26. The summed E-state index contributed by atoms with van der Waals surface area (Å²) in [6.07, 6.45) is 1.19. The summed E-state index contributed by atoms with van der Waals surface area (Å²) >= 11 is 5.32. The Labute approximate surface area is 165 Å². The van der Waals surface area contributed by atoms with E-state index in [1.54, 1.807) is 16.5 Å². The van der Waals surface area contributed by atoms with Gasteiger partial charge >= 0.3 is 0 Å². The Morgan fingerprint density at radius 3 is 2.82 bits per heavy atom. The number of benzene rings is 1. The maximum atomic E-state index is 14.2. The summed E-state index contributed by atoms with van der Waals surface area (Å²) in [5, 5.41) is 0. The van der Waals surface area contributed by atoms with Gasteiger partial charge in [0.15, 0.2) is 16.4 Å². The van der Waals surface area contributed by atoms with Crippen LogP contribution in [-0.4, -0.2) is 46.7 Å². The Balaban J connectivity index is 1.57. The van der Waals surface area contributed by atoms with E-state index in [2.05, 4.69) is 4.98 Å². The van der Waals surface area contributed by atoms with Crippen LogP contribution in [0.1, 0.15) is 29.3 Å². The molecule has 1 aromatic carbocycles. The van der Waals surface area contributed by atoms with Crippen molar-refractivity contribution in [2.75, 3.05) is 20.3 Å². The smallest absolute Gasteiger partial charge is 0.228 e. The number of amides is 1. The number of halogens is 3. The van der Waals surface area contributed by atoms with Crippen LogP contribution in [0.5, 0.6) is 0 Å². The Bertz CT molecular complexity index is 982. The highest BCUT2D eigenvalue weighted by Crippen LogP contribution is 2.35. The van der Waals surface area contributed by atoms with Crippen molar-refractivity contribution in [2.45, 2.75) is 37.8 Å². The number of ether oxygens (including phenoxy) is 1. The fourth-order valence-electron chi connectivity index (χ4n) is 4.06. The second-order valence-electron chi connectivity index (χ2n) is 7.32. The largest absolute Gasteiger partial charge is 0.379 e. The number of nitrogens with one attached hydrogen (secondary N) is 1. The van der Waals surface area contributed by atoms with Crippen LogP contribution in [-0.2, 0) is 28.9 Å². The average Bonchev–Trinajstić information content (AvgIpc) is 3.38. The molecule has 1 N–H and O–H groups in total. The normalized spacial score (nSPS) is 21.1. The number of H-pyrrole nitrogens is 1. The van der Waals surface area contributed by atoms with E-state index in [1.807, 2.05) is 0 Å². The number of carbonyl (C=O) groups is 1. The second kappa shape index (κ2) is 7.36. The molecule has 1 amide bonds. The molecule has 0 spiro atoms. The first-order valence-electron chi connectivity index (χ1n) is 9.14. The molecule has 0 saturated carbocycles. The molecule has 2 aromatic rings. The molecule has 5 nitrogen and oxygen atoms in total. The summed E-state index contributed by atoms with van der Waals surface area (Å²) in [7, 11) is 1.74. The number of nitrogens with zero attached hydrogens (tertiary/aromatic N) is 2. The molecule has 0 radical (unpaired) electrons. The lowest BCUT2D eigenvalue weighted by Crippen LogP contribution is -2.38. The minimum Gasteiger partial charge on any atom is -0.379 e. The minimum atomic E-state index is -1.16. The van der Waals surface area contributed by atoms with Crippen molar-refractivity contribution in [3.05, 3.63) is 51.3 Å². The molecule has 2 aliphatic rings. The maximum Gasteiger partial charge on any atom is 0.228 e. The van der Waals surface area contributed by atoms with E-state index in [4.69, 9.17) is 17.0 Å². The lowest BCUT2D eigenvalue weighted by Gasteiger charge is -2.23. The average molecular weight is 411 g/mol. The number of carbonyl (C=O) groups excluding carboxylic acids is 1. The predicted molar refractivity (Wildman–Crippen MR) is 98.1 cm³/mol. The summed E-state index contributed by atoms with van der Waals surface area (Å²) in [5.74, 6) is -3.67. The van der Waals surface area contributed by atoms with Gasteiger partial charge in [-0.3, -0.25) is 4.79 Å². The van der Waals surface area contributed by atoms with Gasteiger partial charge in [-0.15, -0.1) is 0 Å². The van der Waals surface area contributed by atoms with Crippen LogP contribution in [0.4, 0.5) is 13.2 Å². The number of aromatic amines is 1. The predicted octanol–water partition coefficient (Wildman–Crippen LogP) is 3.09. The highest BCUT2D eigenvalue weighted by atomic mass is 32.1. The fourth-order valence-corrected chi connectivity index (χ4v) is 4.37. The first-order chi connectivity index (χ1) is 13.4. The number of hydrogen-bond acceptors (Lipinski definition) is 3. The van der Waals surface area contributed by atoms with Crippen molar-refractivity contribution in [3.8, 4) is 0 Å². The molecule has 150 valence electrons. The molecule has 2 aliphatic heterocycles. The molecular formula is C19H20F3N3O2S. The number of rotatable bonds is 4. The third-order valence-corrected chi connectivity index (χ3v) is 6.00. The van der Waals surface area contributed by atoms with Gasteiger partial charge in [0.1, 0.15) is 5.82 Å². The molecule has 0 aliphatic carbocycles. The van der Waals surface area contributed by atoms with E-state index in [9.17, 15) is 18.0 Å². The van der Waals surface area contributed by atoms with E-state index in [-0.39, 0.29) is 36.9 Å². The van der Waals surface area contributed by atoms with Gasteiger partial charge in [0.2, 0.25) is 5.91 Å². The molecule has 1 aromatic heterocycles. The Morgan fingerprint density at radius 2 is 2.11 bits per heavy atom. The van der Waals surface area contributed by atoms with Crippen LogP contribution in [0.15, 0.2) is 12.1 Å². The van der Waals surface area contributed by atoms with Gasteiger partial charge in [-0.05, 0) is 37.2 Å². The minimum absolute atomic E-state index is 0.0503. The molecular weight excluding hydrogens is 391 g/mol. The number of aromatic nitrogens is 2. The van der Waals surface area contributed by atoms with Gasteiger partial charge in [0, 0.05) is 43.1 Å². The van der Waals surface area contributed by atoms with Crippen LogP contribution >= 0.6 is 12.2 Å². The molecule has 2 atom stereocenters. The number of hydrogen-bond donors (Lipinski definition) is 1. The topological polar surface area (TPSA) is 50.3 Å². The molecule has 0 bridgehead atoms. The first-order valence-corrected chi connectivity index (χ1v) is 9.55. The van der Waals surface area contributed by atoms with Crippen LogP contribution in [0.2, 0.25) is 0 Å². The highest BCUT2D eigenvalue weighted by molar-refractivity contribution is 7.71. The summed E-state index contributed by atoms with van der Waals surface area (Å²) < 4.78 is 49.4. The summed E-state index contributed by atoms with van der Waals surface area (Å²) in [4.78, 5) is 17.4. The van der Waals surface area contributed by atoms with Crippen LogP contribution in [0.25, 0.3) is 0 Å². The quantitative estimate of drug-likeness (QED) is 0.622. The van der Waals surface area contributed by atoms with Gasteiger partial charge in [-0.1, -0.05) is 0 Å². The standard InChI is InChI=1S/C19H20F3N3O2S/c1-24(11-4-5-27-9-11)16(26)7-14-15-6-10(8-25(15)19(28)23-14)17-12(20)2-3-13(21)18(17)22/h2-3,10-11H,4-9H2,1H3,(H,23,28)/t10-,11?/m0/s1. The second-order valence-corrected chi connectivity index (χ2v) is 7.71. The molecule has 28 heavy (non-hydrogen) atoms. The summed E-state index contributed by atoms with van der Waals surface area (Å²) in [6, 6.07) is 1.77. The van der Waals surface area contributed by atoms with Gasteiger partial charge in [-0.25, -0.2) is 13.2 Å². The molecule has 1 unspecified atom stereocenters. The van der Waals surface area contributed by atoms with E-state index >= 15 is 0 Å². The van der Waals surface area contributed by atoms with Crippen molar-refractivity contribution >= 4 is 18.1 Å². The van der Waals surface area contributed by atoms with Crippen LogP contribution in [0.3, 0.4) is 0 Å². The van der Waals surface area contributed by atoms with Crippen molar-refractivity contribution in [3.63, 3.8) is 0 Å². The van der Waals surface area contributed by atoms with E-state index in [0.29, 0.717) is 23.7 Å². The zero-order chi connectivity index (χ0) is 20.0. The fraction of sp³-hybridized carbons (Fsp3) is 0.474. The Morgan fingerprint density at radius 1 is 1.36 bits per heavy atom. The number of likely N-dealkylation sites (N-methyl/N-ethyl adjacent to an activating group) is 1. The van der Waals surface area contributed by atoms with Gasteiger partial charge in [-0.2, -0.15) is 0 Å². The Kier molecular flexibility index (Phi) is 5.05. The molecule has 3 heterocycles. The SMILES string of the molecule is CN(C(=O)Cc1[nH]c(=S)n2c1C[C@H](c1c(F)ccc(F)c1F)C2)C1CCOC1. The molecule has 1 saturated heterocycles. The summed E-state index contributed by atoms with van der Waals surface area (Å²) in [5.41, 5.74) is 1.11. The third-order valence-electron chi connectivity index (χ3n) is 5.68. The van der Waals surface area contributed by atoms with Crippen molar-refractivity contribution in [1.82, 2.24) is 14.5 Å². The maximum absolute atomic E-state index is 14.2. The monoisotopic (exact) mass is 411 g/mol. The Hall–Kier alpha value is -2.13. The molecule has 9 heteroatoms. The lowest BCUT2D eigenvalue weighted by atomic mass is 9.95. The van der Waals surface area contributed by atoms with Crippen molar-refractivity contribution in [1.29, 1.82) is 0 Å². The molecule has 1 fully saturated rings. The van der Waals surface area contributed by atoms with E-state index < -0.39 is 23.4 Å². The van der Waals surface area contributed by atoms with Crippen LogP contribution < -0.4 is 0 Å². The van der Waals surface area contributed by atoms with Gasteiger partial charge < -0.3 is 19.2 Å². The lowest BCUT2D eigenvalue weighted by molar-refractivity contribution is -0.131. The first kappa shape index (κ1) is 19.2. The zero-order valence-corrected chi connectivity index (χ0v) is 16.1. The summed E-state index contributed by atoms with van der Waals surface area (Å²) in [6.45, 7) is 1.40. The van der Waals surface area contributed by atoms with Gasteiger partial charge in [0.25, 0.3) is 0 Å². The zero-order valence-electron chi connectivity index (χ0n) is 15.3.